The van der Waals surface area contributed by atoms with Gasteiger partial charge in [0, 0.05) is 17.8 Å². The number of rotatable bonds is 6. The smallest absolute Gasteiger partial charge is 0.220 e. The van der Waals surface area contributed by atoms with Crippen molar-refractivity contribution in [3.8, 4) is 0 Å². The van der Waals surface area contributed by atoms with Gasteiger partial charge in [0.2, 0.25) is 5.91 Å². The average Bonchev–Trinajstić information content (AvgIpc) is 2.64. The fraction of sp³-hybridized carbons (Fsp3) is 0.583. The summed E-state index contributed by atoms with van der Waals surface area (Å²) in [5, 5.41) is 5.01. The first-order valence-electron chi connectivity index (χ1n) is 5.63. The Kier molecular flexibility index (Phi) is 5.49. The monoisotopic (exact) mass is 240 g/mol. The van der Waals surface area contributed by atoms with Crippen molar-refractivity contribution < 1.29 is 4.79 Å². The molecule has 90 valence electrons. The summed E-state index contributed by atoms with van der Waals surface area (Å²) in [5.41, 5.74) is 6.78. The zero-order valence-corrected chi connectivity index (χ0v) is 10.8. The highest BCUT2D eigenvalue weighted by Gasteiger charge is 2.07. The molecule has 0 bridgehead atoms. The molecule has 1 aromatic rings. The van der Waals surface area contributed by atoms with Crippen LogP contribution in [0, 0.1) is 12.8 Å². The molecule has 3 N–H and O–H groups in total. The van der Waals surface area contributed by atoms with Crippen molar-refractivity contribution >= 4 is 17.2 Å². The maximum absolute atomic E-state index is 11.5. The summed E-state index contributed by atoms with van der Waals surface area (Å²) in [6.45, 7) is 5.38. The summed E-state index contributed by atoms with van der Waals surface area (Å²) in [7, 11) is 0. The lowest BCUT2D eigenvalue weighted by molar-refractivity contribution is -0.121. The first kappa shape index (κ1) is 13.2. The zero-order chi connectivity index (χ0) is 12.0. The lowest BCUT2D eigenvalue weighted by atomic mass is 10.1. The number of thiophene rings is 1. The Bertz CT molecular complexity index is 336. The molecule has 0 radical (unpaired) electrons. The second kappa shape index (κ2) is 6.66. The summed E-state index contributed by atoms with van der Waals surface area (Å²) < 4.78 is 0. The molecule has 1 aromatic heterocycles. The highest BCUT2D eigenvalue weighted by Crippen LogP contribution is 2.15. The number of hydrogen-bond acceptors (Lipinski definition) is 3. The van der Waals surface area contributed by atoms with Crippen molar-refractivity contribution in [3.05, 3.63) is 21.9 Å². The molecular formula is C12H20N2OS. The van der Waals surface area contributed by atoms with Gasteiger partial charge in [-0.15, -0.1) is 11.3 Å². The van der Waals surface area contributed by atoms with Gasteiger partial charge in [0.1, 0.15) is 0 Å². The lowest BCUT2D eigenvalue weighted by Crippen LogP contribution is -2.28. The van der Waals surface area contributed by atoms with Crippen LogP contribution in [-0.4, -0.2) is 19.0 Å². The molecule has 16 heavy (non-hydrogen) atoms. The van der Waals surface area contributed by atoms with E-state index in [1.807, 2.05) is 6.92 Å². The molecule has 0 aliphatic heterocycles. The van der Waals surface area contributed by atoms with Crippen LogP contribution in [0.1, 0.15) is 23.8 Å². The Balaban J connectivity index is 2.21. The summed E-state index contributed by atoms with van der Waals surface area (Å²) >= 11 is 1.75. The molecule has 1 heterocycles. The van der Waals surface area contributed by atoms with Gasteiger partial charge >= 0.3 is 0 Å². The van der Waals surface area contributed by atoms with Crippen LogP contribution in [0.15, 0.2) is 11.4 Å². The second-order valence-electron chi connectivity index (χ2n) is 4.17. The first-order valence-corrected chi connectivity index (χ1v) is 6.51. The summed E-state index contributed by atoms with van der Waals surface area (Å²) in [4.78, 5) is 12.8. The molecule has 1 unspecified atom stereocenters. The van der Waals surface area contributed by atoms with E-state index in [2.05, 4.69) is 23.7 Å². The first-order chi connectivity index (χ1) is 7.63. The predicted octanol–water partition coefficient (Wildman–Crippen LogP) is 1.70. The minimum Gasteiger partial charge on any atom is -0.356 e. The Hall–Kier alpha value is -0.870. The maximum Gasteiger partial charge on any atom is 0.220 e. The number of carbonyl (C=O) groups excluding carboxylic acids is 1. The van der Waals surface area contributed by atoms with Crippen molar-refractivity contribution in [1.82, 2.24) is 5.32 Å². The van der Waals surface area contributed by atoms with Crippen molar-refractivity contribution in [2.75, 3.05) is 13.1 Å². The molecule has 0 spiro atoms. The van der Waals surface area contributed by atoms with Crippen molar-refractivity contribution in [2.24, 2.45) is 11.7 Å². The van der Waals surface area contributed by atoms with Crippen LogP contribution in [0.3, 0.4) is 0 Å². The van der Waals surface area contributed by atoms with Crippen LogP contribution in [0.4, 0.5) is 0 Å². The molecule has 4 heteroatoms. The molecule has 0 fully saturated rings. The van der Waals surface area contributed by atoms with E-state index >= 15 is 0 Å². The summed E-state index contributed by atoms with van der Waals surface area (Å²) in [6, 6.07) is 2.11. The standard InChI is InChI=1S/C12H20N2OS/c1-9(8-13)7-12(15)14-5-3-11-10(2)4-6-16-11/h4,6,9H,3,5,7-8,13H2,1-2H3,(H,14,15). The lowest BCUT2D eigenvalue weighted by Gasteiger charge is -2.08. The van der Waals surface area contributed by atoms with Crippen LogP contribution >= 0.6 is 11.3 Å². The Morgan fingerprint density at radius 3 is 2.94 bits per heavy atom. The minimum absolute atomic E-state index is 0.104. The van der Waals surface area contributed by atoms with Gasteiger partial charge in [-0.2, -0.15) is 0 Å². The van der Waals surface area contributed by atoms with E-state index in [0.29, 0.717) is 13.0 Å². The van der Waals surface area contributed by atoms with Crippen LogP contribution in [0.5, 0.6) is 0 Å². The van der Waals surface area contributed by atoms with Gasteiger partial charge in [-0.3, -0.25) is 4.79 Å². The summed E-state index contributed by atoms with van der Waals surface area (Å²) in [6.07, 6.45) is 1.45. The normalized spacial score (nSPS) is 12.4. The van der Waals surface area contributed by atoms with Gasteiger partial charge in [-0.1, -0.05) is 6.92 Å². The van der Waals surface area contributed by atoms with Crippen molar-refractivity contribution in [2.45, 2.75) is 26.7 Å². The fourth-order valence-electron chi connectivity index (χ4n) is 1.45. The Morgan fingerprint density at radius 2 is 2.38 bits per heavy atom. The zero-order valence-electron chi connectivity index (χ0n) is 9.95. The summed E-state index contributed by atoms with van der Waals surface area (Å²) in [5.74, 6) is 0.371. The third kappa shape index (κ3) is 4.33. The van der Waals surface area contributed by atoms with E-state index < -0.39 is 0 Å². The van der Waals surface area contributed by atoms with Gasteiger partial charge in [0.05, 0.1) is 0 Å². The highest BCUT2D eigenvalue weighted by molar-refractivity contribution is 7.10. The van der Waals surface area contributed by atoms with E-state index in [9.17, 15) is 4.79 Å². The van der Waals surface area contributed by atoms with E-state index in [-0.39, 0.29) is 11.8 Å². The SMILES string of the molecule is Cc1ccsc1CCNC(=O)CC(C)CN. The largest absolute Gasteiger partial charge is 0.356 e. The van der Waals surface area contributed by atoms with Gasteiger partial charge in [0.15, 0.2) is 0 Å². The molecule has 1 amide bonds. The number of hydrogen-bond donors (Lipinski definition) is 2. The Morgan fingerprint density at radius 1 is 1.62 bits per heavy atom. The van der Waals surface area contributed by atoms with E-state index in [1.54, 1.807) is 11.3 Å². The maximum atomic E-state index is 11.5. The minimum atomic E-state index is 0.104. The number of amides is 1. The second-order valence-corrected chi connectivity index (χ2v) is 5.17. The molecular weight excluding hydrogens is 220 g/mol. The van der Waals surface area contributed by atoms with Gasteiger partial charge in [-0.25, -0.2) is 0 Å². The van der Waals surface area contributed by atoms with Crippen LogP contribution < -0.4 is 11.1 Å². The van der Waals surface area contributed by atoms with E-state index in [0.717, 1.165) is 13.0 Å². The molecule has 0 aromatic carbocycles. The topological polar surface area (TPSA) is 55.1 Å². The van der Waals surface area contributed by atoms with Crippen LogP contribution in [-0.2, 0) is 11.2 Å². The molecule has 1 atom stereocenters. The molecule has 3 nitrogen and oxygen atoms in total. The molecule has 0 aliphatic rings. The average molecular weight is 240 g/mol. The molecule has 1 rings (SSSR count). The van der Waals surface area contributed by atoms with E-state index in [1.165, 1.54) is 10.4 Å². The fourth-order valence-corrected chi connectivity index (χ4v) is 2.36. The molecule has 0 saturated carbocycles. The number of aryl methyl sites for hydroxylation is 1. The molecule has 0 saturated heterocycles. The highest BCUT2D eigenvalue weighted by atomic mass is 32.1. The van der Waals surface area contributed by atoms with Crippen LogP contribution in [0.25, 0.3) is 0 Å². The third-order valence-corrected chi connectivity index (χ3v) is 3.66. The third-order valence-electron chi connectivity index (χ3n) is 2.58. The van der Waals surface area contributed by atoms with Crippen molar-refractivity contribution in [1.29, 1.82) is 0 Å². The van der Waals surface area contributed by atoms with Gasteiger partial charge in [0.25, 0.3) is 0 Å². The van der Waals surface area contributed by atoms with Gasteiger partial charge in [-0.05, 0) is 42.8 Å². The van der Waals surface area contributed by atoms with E-state index in [4.69, 9.17) is 5.73 Å². The number of carbonyl (C=O) groups is 1. The Labute approximate surface area is 101 Å². The predicted molar refractivity (Wildman–Crippen MR) is 68.6 cm³/mol. The van der Waals surface area contributed by atoms with Gasteiger partial charge < -0.3 is 11.1 Å². The quantitative estimate of drug-likeness (QED) is 0.795. The van der Waals surface area contributed by atoms with Crippen molar-refractivity contribution in [3.63, 3.8) is 0 Å². The number of nitrogens with one attached hydrogen (secondary N) is 1. The number of nitrogens with two attached hydrogens (primary N) is 1. The molecule has 0 aliphatic carbocycles. The van der Waals surface area contributed by atoms with Crippen LogP contribution in [0.2, 0.25) is 0 Å².